The number of benzene rings is 2. The molecule has 0 spiro atoms. The van der Waals surface area contributed by atoms with Crippen LogP contribution in [0.25, 0.3) is 11.1 Å². The van der Waals surface area contributed by atoms with Crippen molar-refractivity contribution in [3.05, 3.63) is 95.6 Å². The molecule has 3 heterocycles. The number of rotatable bonds is 5. The van der Waals surface area contributed by atoms with Gasteiger partial charge in [0.15, 0.2) is 0 Å². The van der Waals surface area contributed by atoms with Gasteiger partial charge in [0.05, 0.1) is 12.2 Å². The fourth-order valence-electron chi connectivity index (χ4n) is 4.20. The van der Waals surface area contributed by atoms with Crippen LogP contribution in [0.5, 0.6) is 0 Å². The smallest absolute Gasteiger partial charge is 0.292 e. The predicted molar refractivity (Wildman–Crippen MR) is 126 cm³/mol. The zero-order valence-corrected chi connectivity index (χ0v) is 18.9. The van der Waals surface area contributed by atoms with Gasteiger partial charge in [0.2, 0.25) is 5.76 Å². The molecule has 1 aliphatic heterocycles. The molecule has 34 heavy (non-hydrogen) atoms. The maximum atomic E-state index is 13.4. The quantitative estimate of drug-likeness (QED) is 0.460. The molecule has 5 rings (SSSR count). The minimum atomic E-state index is -0.191. The Morgan fingerprint density at radius 1 is 0.912 bits per heavy atom. The van der Waals surface area contributed by atoms with Crippen molar-refractivity contribution in [1.82, 2.24) is 24.7 Å². The van der Waals surface area contributed by atoms with Crippen molar-refractivity contribution in [3.63, 3.8) is 0 Å². The minimum Gasteiger partial charge on any atom is -0.351 e. The zero-order chi connectivity index (χ0) is 23.5. The third-order valence-electron chi connectivity index (χ3n) is 6.02. The molecular weight excluding hydrogens is 430 g/mol. The summed E-state index contributed by atoms with van der Waals surface area (Å²) in [5, 5.41) is 8.04. The summed E-state index contributed by atoms with van der Waals surface area (Å²) in [6, 6.07) is 19.4. The molecule has 4 aromatic rings. The van der Waals surface area contributed by atoms with E-state index in [9.17, 15) is 9.59 Å². The fourth-order valence-corrected chi connectivity index (χ4v) is 4.20. The van der Waals surface area contributed by atoms with Crippen molar-refractivity contribution in [2.75, 3.05) is 26.2 Å². The van der Waals surface area contributed by atoms with Crippen LogP contribution in [0.3, 0.4) is 0 Å². The monoisotopic (exact) mass is 455 g/mol. The Hall–Kier alpha value is -4.20. The number of carbonyl (C=O) groups excluding carboxylic acids is 2. The SMILES string of the molecule is Cc1cc(C(=O)N2CCN(C(=O)c3ccccc3-c3ccc(Cn4cccn4)cc3)CC2)on1. The molecule has 0 unspecified atom stereocenters. The van der Waals surface area contributed by atoms with E-state index < -0.39 is 0 Å². The molecule has 0 radical (unpaired) electrons. The lowest BCUT2D eigenvalue weighted by Crippen LogP contribution is -2.50. The van der Waals surface area contributed by atoms with E-state index >= 15 is 0 Å². The number of hydrogen-bond acceptors (Lipinski definition) is 5. The van der Waals surface area contributed by atoms with E-state index in [1.165, 1.54) is 0 Å². The summed E-state index contributed by atoms with van der Waals surface area (Å²) >= 11 is 0. The molecule has 0 atom stereocenters. The van der Waals surface area contributed by atoms with E-state index in [2.05, 4.69) is 22.4 Å². The van der Waals surface area contributed by atoms with Crippen LogP contribution in [0.4, 0.5) is 0 Å². The van der Waals surface area contributed by atoms with Gasteiger partial charge in [-0.25, -0.2) is 0 Å². The number of aryl methyl sites for hydroxylation is 1. The Balaban J connectivity index is 1.28. The van der Waals surface area contributed by atoms with Crippen molar-refractivity contribution < 1.29 is 14.1 Å². The van der Waals surface area contributed by atoms with Gasteiger partial charge < -0.3 is 14.3 Å². The molecule has 2 aromatic heterocycles. The molecule has 0 aliphatic carbocycles. The Kier molecular flexibility index (Phi) is 5.95. The second-order valence-electron chi connectivity index (χ2n) is 8.36. The molecule has 2 aromatic carbocycles. The van der Waals surface area contributed by atoms with Gasteiger partial charge in [-0.1, -0.05) is 47.6 Å². The van der Waals surface area contributed by atoms with Crippen LogP contribution < -0.4 is 0 Å². The molecule has 0 N–H and O–H groups in total. The fraction of sp³-hybridized carbons (Fsp3) is 0.231. The second kappa shape index (κ2) is 9.35. The van der Waals surface area contributed by atoms with Crippen LogP contribution >= 0.6 is 0 Å². The lowest BCUT2D eigenvalue weighted by molar-refractivity contribution is 0.0513. The second-order valence-corrected chi connectivity index (χ2v) is 8.36. The number of carbonyl (C=O) groups is 2. The van der Waals surface area contributed by atoms with E-state index in [1.807, 2.05) is 53.3 Å². The first kappa shape index (κ1) is 21.6. The average molecular weight is 456 g/mol. The van der Waals surface area contributed by atoms with E-state index in [0.717, 1.165) is 16.7 Å². The highest BCUT2D eigenvalue weighted by Crippen LogP contribution is 2.26. The average Bonchev–Trinajstić information content (AvgIpc) is 3.55. The largest absolute Gasteiger partial charge is 0.351 e. The van der Waals surface area contributed by atoms with Crippen molar-refractivity contribution in [3.8, 4) is 11.1 Å². The highest BCUT2D eigenvalue weighted by molar-refractivity contribution is 6.01. The molecule has 1 aliphatic rings. The highest BCUT2D eigenvalue weighted by atomic mass is 16.5. The van der Waals surface area contributed by atoms with Crippen LogP contribution in [0.1, 0.15) is 32.2 Å². The first-order chi connectivity index (χ1) is 16.6. The summed E-state index contributed by atoms with van der Waals surface area (Å²) in [7, 11) is 0. The van der Waals surface area contributed by atoms with E-state index in [1.54, 1.807) is 29.0 Å². The predicted octanol–water partition coefficient (Wildman–Crippen LogP) is 3.49. The van der Waals surface area contributed by atoms with Gasteiger partial charge in [-0.3, -0.25) is 14.3 Å². The van der Waals surface area contributed by atoms with Crippen LogP contribution in [-0.2, 0) is 6.54 Å². The molecule has 8 nitrogen and oxygen atoms in total. The Labute approximate surface area is 197 Å². The van der Waals surface area contributed by atoms with Crippen LogP contribution in [0.15, 0.2) is 77.6 Å². The minimum absolute atomic E-state index is 0.0289. The molecule has 0 bridgehead atoms. The third-order valence-corrected chi connectivity index (χ3v) is 6.02. The standard InChI is InChI=1S/C26H25N5O3/c1-19-17-24(34-28-19)26(33)30-15-13-29(14-16-30)25(32)23-6-3-2-5-22(23)21-9-7-20(8-10-21)18-31-12-4-11-27-31/h2-12,17H,13-16,18H2,1H3. The van der Waals surface area contributed by atoms with Gasteiger partial charge in [0.25, 0.3) is 11.8 Å². The molecule has 0 saturated carbocycles. The maximum absolute atomic E-state index is 13.4. The Morgan fingerprint density at radius 3 is 2.26 bits per heavy atom. The number of hydrogen-bond donors (Lipinski definition) is 0. The van der Waals surface area contributed by atoms with Crippen molar-refractivity contribution in [2.45, 2.75) is 13.5 Å². The number of amides is 2. The zero-order valence-electron chi connectivity index (χ0n) is 18.9. The van der Waals surface area contributed by atoms with Gasteiger partial charge in [0, 0.05) is 50.2 Å². The number of piperazine rings is 1. The Morgan fingerprint density at radius 2 is 1.62 bits per heavy atom. The van der Waals surface area contributed by atoms with Gasteiger partial charge in [-0.15, -0.1) is 0 Å². The summed E-state index contributed by atoms with van der Waals surface area (Å²) in [5.41, 5.74) is 4.35. The molecule has 2 amide bonds. The van der Waals surface area contributed by atoms with Crippen molar-refractivity contribution >= 4 is 11.8 Å². The molecule has 1 saturated heterocycles. The first-order valence-electron chi connectivity index (χ1n) is 11.3. The van der Waals surface area contributed by atoms with E-state index in [0.29, 0.717) is 44.0 Å². The maximum Gasteiger partial charge on any atom is 0.292 e. The number of nitrogens with zero attached hydrogens (tertiary/aromatic N) is 5. The highest BCUT2D eigenvalue weighted by Gasteiger charge is 2.28. The summed E-state index contributed by atoms with van der Waals surface area (Å²) in [6.45, 7) is 4.32. The van der Waals surface area contributed by atoms with Gasteiger partial charge in [0.1, 0.15) is 0 Å². The molecular formula is C26H25N5O3. The third kappa shape index (κ3) is 4.47. The first-order valence-corrected chi connectivity index (χ1v) is 11.3. The molecule has 172 valence electrons. The molecule has 1 fully saturated rings. The summed E-state index contributed by atoms with van der Waals surface area (Å²) in [6.07, 6.45) is 3.70. The Bertz CT molecular complexity index is 1290. The summed E-state index contributed by atoms with van der Waals surface area (Å²) in [5.74, 6) is 0.0146. The normalized spacial score (nSPS) is 13.8. The van der Waals surface area contributed by atoms with Gasteiger partial charge in [-0.05, 0) is 35.7 Å². The topological polar surface area (TPSA) is 84.5 Å². The van der Waals surface area contributed by atoms with E-state index in [4.69, 9.17) is 4.52 Å². The van der Waals surface area contributed by atoms with Crippen molar-refractivity contribution in [1.29, 1.82) is 0 Å². The lowest BCUT2D eigenvalue weighted by Gasteiger charge is -2.34. The summed E-state index contributed by atoms with van der Waals surface area (Å²) in [4.78, 5) is 29.5. The van der Waals surface area contributed by atoms with Crippen LogP contribution in [0, 0.1) is 6.92 Å². The molecule has 8 heteroatoms. The number of aromatic nitrogens is 3. The van der Waals surface area contributed by atoms with Gasteiger partial charge >= 0.3 is 0 Å². The van der Waals surface area contributed by atoms with Crippen LogP contribution in [0.2, 0.25) is 0 Å². The lowest BCUT2D eigenvalue weighted by atomic mass is 9.97. The van der Waals surface area contributed by atoms with Crippen molar-refractivity contribution in [2.24, 2.45) is 0 Å². The van der Waals surface area contributed by atoms with E-state index in [-0.39, 0.29) is 17.6 Å². The van der Waals surface area contributed by atoms with Gasteiger partial charge in [-0.2, -0.15) is 5.10 Å². The van der Waals surface area contributed by atoms with Crippen LogP contribution in [-0.4, -0.2) is 62.7 Å². The summed E-state index contributed by atoms with van der Waals surface area (Å²) < 4.78 is 6.97.